The number of benzene rings is 1. The number of rotatable bonds is 8. The van der Waals surface area contributed by atoms with Gasteiger partial charge in [-0.1, -0.05) is 11.6 Å². The zero-order valence-electron chi connectivity index (χ0n) is 25.4. The van der Waals surface area contributed by atoms with Gasteiger partial charge < -0.3 is 25.2 Å². The van der Waals surface area contributed by atoms with Gasteiger partial charge in [0.05, 0.1) is 47.1 Å². The highest BCUT2D eigenvalue weighted by atomic mass is 35.5. The quantitative estimate of drug-likeness (QED) is 0.332. The third-order valence-electron chi connectivity index (χ3n) is 8.73. The average molecular weight is 662 g/mol. The van der Waals surface area contributed by atoms with E-state index in [9.17, 15) is 27.9 Å². The molecule has 246 valence electrons. The lowest BCUT2D eigenvalue weighted by Gasteiger charge is -2.47. The summed E-state index contributed by atoms with van der Waals surface area (Å²) >= 11 is 6.48. The van der Waals surface area contributed by atoms with E-state index in [4.69, 9.17) is 16.9 Å². The molecule has 0 aliphatic carbocycles. The smallest absolute Gasteiger partial charge is 0.376 e. The second kappa shape index (κ2) is 13.4. The molecule has 4 heterocycles. The van der Waals surface area contributed by atoms with Crippen LogP contribution < -0.4 is 10.6 Å². The Kier molecular flexibility index (Phi) is 9.73. The summed E-state index contributed by atoms with van der Waals surface area (Å²) in [5.74, 6) is -0.982. The second-order valence-electron chi connectivity index (χ2n) is 11.6. The Hall–Kier alpha value is -3.97. The summed E-state index contributed by atoms with van der Waals surface area (Å²) < 4.78 is 43.5. The number of nitrogens with zero attached hydrogens (tertiary/aromatic N) is 7. The Bertz CT molecular complexity index is 1630. The summed E-state index contributed by atoms with van der Waals surface area (Å²) in [4.78, 5) is 34.2. The normalized spacial score (nSPS) is 17.8. The summed E-state index contributed by atoms with van der Waals surface area (Å²) in [6, 6.07) is 6.32. The van der Waals surface area contributed by atoms with Crippen LogP contribution >= 0.6 is 11.6 Å². The van der Waals surface area contributed by atoms with Gasteiger partial charge in [0, 0.05) is 51.0 Å². The van der Waals surface area contributed by atoms with Gasteiger partial charge in [-0.2, -0.15) is 23.5 Å². The maximum absolute atomic E-state index is 13.7. The van der Waals surface area contributed by atoms with Crippen molar-refractivity contribution in [2.75, 3.05) is 44.6 Å². The number of halogens is 4. The molecule has 16 heteroatoms. The minimum absolute atomic E-state index is 0.0111. The molecule has 3 aromatic rings. The van der Waals surface area contributed by atoms with Crippen molar-refractivity contribution >= 4 is 29.1 Å². The number of piperazine rings is 1. The number of imidazole rings is 1. The van der Waals surface area contributed by atoms with Gasteiger partial charge in [0.25, 0.3) is 11.8 Å². The fourth-order valence-electron chi connectivity index (χ4n) is 6.08. The van der Waals surface area contributed by atoms with E-state index in [2.05, 4.69) is 20.7 Å². The van der Waals surface area contributed by atoms with Crippen LogP contribution in [-0.4, -0.2) is 91.0 Å². The van der Waals surface area contributed by atoms with Crippen LogP contribution in [0.4, 0.5) is 18.9 Å². The predicted octanol–water partition coefficient (Wildman–Crippen LogP) is 3.59. The zero-order chi connectivity index (χ0) is 33.2. The SMILES string of the molecule is Cn1c(-c2cn(CCC#N)nc2C(F)(F)F)cnc1C(=O)Nc1ccc(C(=O)N2CCN(C(C)(O)C3CCNCC3)CC2)c(Cl)c1. The highest BCUT2D eigenvalue weighted by molar-refractivity contribution is 6.34. The third kappa shape index (κ3) is 6.90. The monoisotopic (exact) mass is 661 g/mol. The average Bonchev–Trinajstić information content (AvgIpc) is 3.64. The fourth-order valence-corrected chi connectivity index (χ4v) is 6.34. The topological polar surface area (TPSA) is 144 Å². The molecule has 0 saturated carbocycles. The molecule has 0 bridgehead atoms. The van der Waals surface area contributed by atoms with Crippen LogP contribution in [0.1, 0.15) is 52.9 Å². The van der Waals surface area contributed by atoms with Gasteiger partial charge in [-0.25, -0.2) is 4.98 Å². The first-order valence-corrected chi connectivity index (χ1v) is 15.3. The van der Waals surface area contributed by atoms with Crippen LogP contribution in [0.25, 0.3) is 11.3 Å². The summed E-state index contributed by atoms with van der Waals surface area (Å²) in [6.45, 7) is 5.45. The molecule has 1 unspecified atom stereocenters. The van der Waals surface area contributed by atoms with Crippen molar-refractivity contribution in [2.45, 2.75) is 44.6 Å². The molecule has 2 aliphatic rings. The number of hydrogen-bond donors (Lipinski definition) is 3. The maximum atomic E-state index is 13.7. The number of carbonyl (C=O) groups excluding carboxylic acids is 2. The number of amides is 2. The molecular weight excluding hydrogens is 627 g/mol. The number of hydrogen-bond acceptors (Lipinski definition) is 8. The maximum Gasteiger partial charge on any atom is 0.435 e. The van der Waals surface area contributed by atoms with Crippen LogP contribution in [0.15, 0.2) is 30.6 Å². The highest BCUT2D eigenvalue weighted by Crippen LogP contribution is 2.36. The largest absolute Gasteiger partial charge is 0.435 e. The molecule has 2 aromatic heterocycles. The molecule has 12 nitrogen and oxygen atoms in total. The van der Waals surface area contributed by atoms with Crippen LogP contribution in [-0.2, 0) is 19.8 Å². The predicted molar refractivity (Wildman–Crippen MR) is 163 cm³/mol. The Labute approximate surface area is 268 Å². The van der Waals surface area contributed by atoms with E-state index in [0.717, 1.165) is 36.8 Å². The van der Waals surface area contributed by atoms with Gasteiger partial charge in [0.15, 0.2) is 11.5 Å². The first-order valence-electron chi connectivity index (χ1n) is 14.9. The molecule has 46 heavy (non-hydrogen) atoms. The van der Waals surface area contributed by atoms with Crippen molar-refractivity contribution in [3.05, 3.63) is 52.7 Å². The third-order valence-corrected chi connectivity index (χ3v) is 9.04. The Balaban J connectivity index is 1.24. The molecule has 0 spiro atoms. The van der Waals surface area contributed by atoms with Gasteiger partial charge in [-0.05, 0) is 51.1 Å². The summed E-state index contributed by atoms with van der Waals surface area (Å²) in [7, 11) is 1.41. The van der Waals surface area contributed by atoms with E-state index in [1.54, 1.807) is 4.90 Å². The van der Waals surface area contributed by atoms with Crippen molar-refractivity contribution in [3.8, 4) is 17.3 Å². The molecule has 1 atom stereocenters. The Morgan fingerprint density at radius 1 is 1.20 bits per heavy atom. The number of nitrogens with one attached hydrogen (secondary N) is 2. The van der Waals surface area contributed by atoms with Gasteiger partial charge in [-0.15, -0.1) is 0 Å². The second-order valence-corrected chi connectivity index (χ2v) is 12.0. The lowest BCUT2D eigenvalue weighted by atomic mass is 9.86. The first kappa shape index (κ1) is 33.4. The summed E-state index contributed by atoms with van der Waals surface area (Å²) in [5, 5.41) is 29.7. The van der Waals surface area contributed by atoms with E-state index < -0.39 is 23.5 Å². The number of aliphatic hydroxyl groups is 1. The molecule has 5 rings (SSSR count). The molecular formula is C30H35ClF3N9O3. The van der Waals surface area contributed by atoms with Gasteiger partial charge >= 0.3 is 6.18 Å². The number of carbonyl (C=O) groups is 2. The van der Waals surface area contributed by atoms with Crippen molar-refractivity contribution < 1.29 is 27.9 Å². The molecule has 2 saturated heterocycles. The summed E-state index contributed by atoms with van der Waals surface area (Å²) in [6.07, 6.45) is -0.693. The van der Waals surface area contributed by atoms with Gasteiger partial charge in [-0.3, -0.25) is 19.2 Å². The summed E-state index contributed by atoms with van der Waals surface area (Å²) in [5.41, 5.74) is -1.85. The minimum Gasteiger partial charge on any atom is -0.376 e. The standard InChI is InChI=1S/C30H35ClF3N9O3/c1-29(46,19-6-9-36-10-7-19)42-14-12-41(13-15-42)28(45)21-5-4-20(16-23(21)31)38-27(44)26-37-17-24(40(26)2)22-18-43(11-3-8-35)39-25(22)30(32,33)34/h4-5,16-19,36,46H,3,6-7,9-15H2,1-2H3,(H,38,44). The molecule has 2 aliphatic heterocycles. The van der Waals surface area contributed by atoms with E-state index >= 15 is 0 Å². The van der Waals surface area contributed by atoms with Crippen molar-refractivity contribution in [1.82, 2.24) is 34.4 Å². The van der Waals surface area contributed by atoms with E-state index in [-0.39, 0.29) is 58.1 Å². The highest BCUT2D eigenvalue weighted by Gasteiger charge is 2.41. The Morgan fingerprint density at radius 2 is 1.89 bits per heavy atom. The number of aryl methyl sites for hydroxylation is 1. The van der Waals surface area contributed by atoms with Gasteiger partial charge in [0.1, 0.15) is 5.72 Å². The minimum atomic E-state index is -4.77. The lowest BCUT2D eigenvalue weighted by Crippen LogP contribution is -2.60. The van der Waals surface area contributed by atoms with Crippen LogP contribution in [0.5, 0.6) is 0 Å². The Morgan fingerprint density at radius 3 is 2.52 bits per heavy atom. The molecule has 3 N–H and O–H groups in total. The number of nitriles is 1. The van der Waals surface area contributed by atoms with E-state index in [1.807, 2.05) is 17.9 Å². The lowest BCUT2D eigenvalue weighted by molar-refractivity contribution is -0.152. The van der Waals surface area contributed by atoms with E-state index in [1.165, 1.54) is 36.0 Å². The van der Waals surface area contributed by atoms with Crippen molar-refractivity contribution in [3.63, 3.8) is 0 Å². The molecule has 0 radical (unpaired) electrons. The van der Waals surface area contributed by atoms with Gasteiger partial charge in [0.2, 0.25) is 0 Å². The number of piperidine rings is 1. The van der Waals surface area contributed by atoms with Crippen LogP contribution in [0.3, 0.4) is 0 Å². The van der Waals surface area contributed by atoms with E-state index in [0.29, 0.717) is 26.2 Å². The number of alkyl halides is 3. The first-order chi connectivity index (χ1) is 21.8. The molecule has 1 aromatic carbocycles. The molecule has 2 amide bonds. The molecule has 2 fully saturated rings. The van der Waals surface area contributed by atoms with Crippen LogP contribution in [0.2, 0.25) is 5.02 Å². The number of anilines is 1. The number of aromatic nitrogens is 4. The van der Waals surface area contributed by atoms with Crippen molar-refractivity contribution in [2.24, 2.45) is 13.0 Å². The fraction of sp³-hybridized carbons (Fsp3) is 0.500. The zero-order valence-corrected chi connectivity index (χ0v) is 26.2. The van der Waals surface area contributed by atoms with Crippen molar-refractivity contribution in [1.29, 1.82) is 5.26 Å². The van der Waals surface area contributed by atoms with Crippen LogP contribution in [0, 0.1) is 17.2 Å².